The number of likely N-dealkylation sites (tertiary alicyclic amines) is 1. The van der Waals surface area contributed by atoms with Gasteiger partial charge in [-0.1, -0.05) is 6.42 Å². The van der Waals surface area contributed by atoms with Gasteiger partial charge in [-0.3, -0.25) is 9.48 Å². The summed E-state index contributed by atoms with van der Waals surface area (Å²) < 4.78 is 2.75. The Morgan fingerprint density at radius 1 is 1.45 bits per heavy atom. The first-order valence-electron chi connectivity index (χ1n) is 7.32. The maximum Gasteiger partial charge on any atom is 0.250 e. The molecule has 4 rings (SSSR count). The van der Waals surface area contributed by atoms with Gasteiger partial charge in [0, 0.05) is 24.8 Å². The predicted molar refractivity (Wildman–Crippen MR) is 78.0 cm³/mol. The van der Waals surface area contributed by atoms with Gasteiger partial charge in [-0.05, 0) is 47.5 Å². The molecule has 2 atom stereocenters. The highest BCUT2D eigenvalue weighted by molar-refractivity contribution is 9.10. The van der Waals surface area contributed by atoms with Crippen molar-refractivity contribution in [1.29, 1.82) is 0 Å². The van der Waals surface area contributed by atoms with Crippen LogP contribution in [0, 0.1) is 5.92 Å². The first-order chi connectivity index (χ1) is 9.53. The van der Waals surface area contributed by atoms with E-state index in [1.165, 1.54) is 12.8 Å². The van der Waals surface area contributed by atoms with Crippen molar-refractivity contribution in [3.05, 3.63) is 16.9 Å². The Morgan fingerprint density at radius 3 is 2.85 bits per heavy atom. The Hall–Kier alpha value is -0.880. The van der Waals surface area contributed by atoms with E-state index in [0.29, 0.717) is 5.92 Å². The van der Waals surface area contributed by atoms with Crippen molar-refractivity contribution < 1.29 is 4.79 Å². The van der Waals surface area contributed by atoms with Crippen LogP contribution < -0.4 is 5.73 Å². The minimum absolute atomic E-state index is 0.129. The van der Waals surface area contributed by atoms with Crippen LogP contribution in [-0.2, 0) is 10.3 Å². The zero-order valence-electron chi connectivity index (χ0n) is 11.4. The molecule has 2 aliphatic carbocycles. The number of fused-ring (bicyclic) bond motifs is 1. The third-order valence-corrected chi connectivity index (χ3v) is 5.74. The number of aromatic nitrogens is 2. The SMILES string of the molecule is NC12CCCC1CN(C(=O)C1(n3cc(Br)cn3)CC1)C2. The standard InChI is InChI=1S/C14H19BrN4O/c15-11-6-17-19(8-11)14(4-5-14)12(20)18-7-10-2-1-3-13(10,16)9-18/h6,8,10H,1-5,7,9,16H2. The maximum absolute atomic E-state index is 12.9. The molecule has 2 saturated carbocycles. The third-order valence-electron chi connectivity index (χ3n) is 5.33. The average Bonchev–Trinajstić information content (AvgIpc) is 2.80. The number of carbonyl (C=O) groups is 1. The fourth-order valence-electron chi connectivity index (χ4n) is 3.98. The molecule has 20 heavy (non-hydrogen) atoms. The van der Waals surface area contributed by atoms with Gasteiger partial charge in [0.2, 0.25) is 0 Å². The molecule has 2 unspecified atom stereocenters. The van der Waals surface area contributed by atoms with Crippen molar-refractivity contribution in [2.75, 3.05) is 13.1 Å². The van der Waals surface area contributed by atoms with E-state index in [1.54, 1.807) is 6.20 Å². The monoisotopic (exact) mass is 338 g/mol. The number of carbonyl (C=O) groups excluding carboxylic acids is 1. The lowest BCUT2D eigenvalue weighted by Crippen LogP contribution is -2.47. The molecule has 5 nitrogen and oxygen atoms in total. The summed E-state index contributed by atoms with van der Waals surface area (Å²) in [6, 6.07) is 0. The van der Waals surface area contributed by atoms with E-state index >= 15 is 0 Å². The summed E-state index contributed by atoms with van der Waals surface area (Å²) in [5.74, 6) is 0.707. The molecule has 1 saturated heterocycles. The average molecular weight is 339 g/mol. The molecule has 0 spiro atoms. The molecule has 3 fully saturated rings. The van der Waals surface area contributed by atoms with Crippen LogP contribution in [0.3, 0.4) is 0 Å². The van der Waals surface area contributed by atoms with Crippen LogP contribution in [0.5, 0.6) is 0 Å². The smallest absolute Gasteiger partial charge is 0.250 e. The zero-order chi connectivity index (χ0) is 14.0. The Labute approximate surface area is 126 Å². The molecule has 2 N–H and O–H groups in total. The second-order valence-electron chi connectivity index (χ2n) is 6.64. The highest BCUT2D eigenvalue weighted by Crippen LogP contribution is 2.48. The topological polar surface area (TPSA) is 64.2 Å². The molecular weight excluding hydrogens is 320 g/mol. The second kappa shape index (κ2) is 4.07. The molecule has 6 heteroatoms. The van der Waals surface area contributed by atoms with E-state index in [9.17, 15) is 4.79 Å². The fourth-order valence-corrected chi connectivity index (χ4v) is 4.27. The van der Waals surface area contributed by atoms with E-state index < -0.39 is 5.54 Å². The summed E-state index contributed by atoms with van der Waals surface area (Å²) in [7, 11) is 0. The van der Waals surface area contributed by atoms with Gasteiger partial charge in [0.05, 0.1) is 10.7 Å². The van der Waals surface area contributed by atoms with Crippen LogP contribution in [0.1, 0.15) is 32.1 Å². The molecule has 1 aromatic heterocycles. The Kier molecular flexibility index (Phi) is 2.61. The van der Waals surface area contributed by atoms with Crippen molar-refractivity contribution in [1.82, 2.24) is 14.7 Å². The molecule has 1 amide bonds. The van der Waals surface area contributed by atoms with Gasteiger partial charge in [-0.15, -0.1) is 0 Å². The fraction of sp³-hybridized carbons (Fsp3) is 0.714. The zero-order valence-corrected chi connectivity index (χ0v) is 13.0. The number of rotatable bonds is 2. The van der Waals surface area contributed by atoms with E-state index in [0.717, 1.165) is 36.8 Å². The molecule has 0 aromatic carbocycles. The van der Waals surface area contributed by atoms with Crippen molar-refractivity contribution in [2.24, 2.45) is 11.7 Å². The summed E-state index contributed by atoms with van der Waals surface area (Å²) in [5.41, 5.74) is 5.92. The Morgan fingerprint density at radius 2 is 2.25 bits per heavy atom. The van der Waals surface area contributed by atoms with E-state index in [2.05, 4.69) is 21.0 Å². The van der Waals surface area contributed by atoms with Gasteiger partial charge in [0.25, 0.3) is 5.91 Å². The lowest BCUT2D eigenvalue weighted by Gasteiger charge is -2.26. The van der Waals surface area contributed by atoms with Gasteiger partial charge in [-0.2, -0.15) is 5.10 Å². The number of amides is 1. The van der Waals surface area contributed by atoms with Gasteiger partial charge >= 0.3 is 0 Å². The molecule has 108 valence electrons. The van der Waals surface area contributed by atoms with Crippen LogP contribution in [0.25, 0.3) is 0 Å². The number of nitrogens with two attached hydrogens (primary N) is 1. The summed E-state index contributed by atoms with van der Waals surface area (Å²) >= 11 is 3.40. The van der Waals surface area contributed by atoms with Crippen LogP contribution in [0.15, 0.2) is 16.9 Å². The molecular formula is C14H19BrN4O. The number of halogens is 1. The van der Waals surface area contributed by atoms with Gasteiger partial charge in [-0.25, -0.2) is 0 Å². The summed E-state index contributed by atoms with van der Waals surface area (Å²) in [6.45, 7) is 1.56. The van der Waals surface area contributed by atoms with E-state index in [-0.39, 0.29) is 11.4 Å². The third kappa shape index (κ3) is 1.70. The minimum Gasteiger partial charge on any atom is -0.338 e. The molecule has 3 aliphatic rings. The van der Waals surface area contributed by atoms with Crippen LogP contribution >= 0.6 is 15.9 Å². The lowest BCUT2D eigenvalue weighted by molar-refractivity contribution is -0.135. The predicted octanol–water partition coefficient (Wildman–Crippen LogP) is 1.47. The van der Waals surface area contributed by atoms with Crippen LogP contribution in [0.4, 0.5) is 0 Å². The number of hydrogen-bond donors (Lipinski definition) is 1. The number of hydrogen-bond acceptors (Lipinski definition) is 3. The molecule has 2 heterocycles. The first kappa shape index (κ1) is 12.8. The van der Waals surface area contributed by atoms with Crippen LogP contribution in [-0.4, -0.2) is 39.2 Å². The van der Waals surface area contributed by atoms with Gasteiger partial charge in [0.15, 0.2) is 0 Å². The highest BCUT2D eigenvalue weighted by atomic mass is 79.9. The molecule has 1 aliphatic heterocycles. The lowest BCUT2D eigenvalue weighted by atomic mass is 9.92. The largest absolute Gasteiger partial charge is 0.338 e. The van der Waals surface area contributed by atoms with Crippen molar-refractivity contribution in [3.63, 3.8) is 0 Å². The van der Waals surface area contributed by atoms with Crippen LogP contribution in [0.2, 0.25) is 0 Å². The summed E-state index contributed by atoms with van der Waals surface area (Å²) in [4.78, 5) is 14.9. The van der Waals surface area contributed by atoms with E-state index in [1.807, 2.05) is 15.8 Å². The molecule has 1 aromatic rings. The van der Waals surface area contributed by atoms with Crippen molar-refractivity contribution in [3.8, 4) is 0 Å². The first-order valence-corrected chi connectivity index (χ1v) is 8.12. The maximum atomic E-state index is 12.9. The minimum atomic E-state index is -0.430. The summed E-state index contributed by atoms with van der Waals surface area (Å²) in [6.07, 6.45) is 8.86. The highest BCUT2D eigenvalue weighted by Gasteiger charge is 2.58. The normalized spacial score (nSPS) is 34.3. The van der Waals surface area contributed by atoms with E-state index in [4.69, 9.17) is 5.73 Å². The summed E-state index contributed by atoms with van der Waals surface area (Å²) in [5, 5.41) is 4.32. The second-order valence-corrected chi connectivity index (χ2v) is 7.56. The van der Waals surface area contributed by atoms with Gasteiger partial charge < -0.3 is 10.6 Å². The number of nitrogens with zero attached hydrogens (tertiary/aromatic N) is 3. The molecule has 0 bridgehead atoms. The van der Waals surface area contributed by atoms with Crippen molar-refractivity contribution in [2.45, 2.75) is 43.2 Å². The van der Waals surface area contributed by atoms with Gasteiger partial charge in [0.1, 0.15) is 5.54 Å². The Balaban J connectivity index is 1.57. The quantitative estimate of drug-likeness (QED) is 0.888. The Bertz CT molecular complexity index is 567. The van der Waals surface area contributed by atoms with Crippen molar-refractivity contribution >= 4 is 21.8 Å². The molecule has 0 radical (unpaired) electrons.